The number of aliphatic hydroxyl groups is 1. The van der Waals surface area contributed by atoms with E-state index in [0.717, 1.165) is 18.4 Å². The average molecular weight is 412 g/mol. The molecule has 0 bridgehead atoms. The minimum absolute atomic E-state index is 0.111. The number of hydrogen-bond acceptors (Lipinski definition) is 6. The summed E-state index contributed by atoms with van der Waals surface area (Å²) >= 11 is 0. The SMILES string of the molecule is CCCCn1c(N)c(N(Cc2ccccc2)CC(O)Cn2cccn2)c(=O)[nH]c1=O. The smallest absolute Gasteiger partial charge is 0.330 e. The lowest BCUT2D eigenvalue weighted by molar-refractivity contribution is 0.154. The normalized spacial score (nSPS) is 12.1. The van der Waals surface area contributed by atoms with E-state index in [0.29, 0.717) is 13.1 Å². The third kappa shape index (κ3) is 5.18. The number of aliphatic hydroxyl groups excluding tert-OH is 1. The first-order valence-corrected chi connectivity index (χ1v) is 10.1. The molecule has 9 heteroatoms. The van der Waals surface area contributed by atoms with Crippen molar-refractivity contribution >= 4 is 11.5 Å². The third-order valence-corrected chi connectivity index (χ3v) is 4.87. The van der Waals surface area contributed by atoms with Crippen molar-refractivity contribution in [3.05, 3.63) is 75.2 Å². The Hall–Kier alpha value is -3.33. The number of unbranched alkanes of at least 4 members (excludes halogenated alkanes) is 1. The van der Waals surface area contributed by atoms with E-state index in [1.165, 1.54) is 4.57 Å². The van der Waals surface area contributed by atoms with Crippen LogP contribution in [0.4, 0.5) is 11.5 Å². The zero-order valence-corrected chi connectivity index (χ0v) is 17.1. The molecule has 0 aliphatic carbocycles. The molecule has 3 aromatic rings. The third-order valence-electron chi connectivity index (χ3n) is 4.87. The van der Waals surface area contributed by atoms with Crippen LogP contribution < -0.4 is 21.9 Å². The predicted octanol–water partition coefficient (Wildman–Crippen LogP) is 1.18. The van der Waals surface area contributed by atoms with Crippen LogP contribution in [0.1, 0.15) is 25.3 Å². The summed E-state index contributed by atoms with van der Waals surface area (Å²) in [4.78, 5) is 29.1. The van der Waals surface area contributed by atoms with Crippen LogP contribution in [0.25, 0.3) is 0 Å². The Morgan fingerprint density at radius 2 is 2.00 bits per heavy atom. The van der Waals surface area contributed by atoms with Crippen molar-refractivity contribution in [2.75, 3.05) is 17.2 Å². The fraction of sp³-hybridized carbons (Fsp3) is 0.381. The number of nitrogens with two attached hydrogens (primary N) is 1. The lowest BCUT2D eigenvalue weighted by Gasteiger charge is -2.28. The number of nitrogens with zero attached hydrogens (tertiary/aromatic N) is 4. The first-order valence-electron chi connectivity index (χ1n) is 10.1. The fourth-order valence-electron chi connectivity index (χ4n) is 3.40. The van der Waals surface area contributed by atoms with E-state index in [-0.39, 0.29) is 24.6 Å². The number of anilines is 2. The predicted molar refractivity (Wildman–Crippen MR) is 116 cm³/mol. The van der Waals surface area contributed by atoms with Crippen LogP contribution in [-0.2, 0) is 19.6 Å². The first-order chi connectivity index (χ1) is 14.5. The Balaban J connectivity index is 1.96. The van der Waals surface area contributed by atoms with Crippen LogP contribution in [0.15, 0.2) is 58.4 Å². The van der Waals surface area contributed by atoms with Crippen LogP contribution in [0.3, 0.4) is 0 Å². The molecule has 0 aliphatic heterocycles. The first kappa shape index (κ1) is 21.4. The number of rotatable bonds is 10. The molecule has 9 nitrogen and oxygen atoms in total. The highest BCUT2D eigenvalue weighted by molar-refractivity contribution is 5.62. The van der Waals surface area contributed by atoms with Gasteiger partial charge in [-0.15, -0.1) is 0 Å². The van der Waals surface area contributed by atoms with Gasteiger partial charge in [0.1, 0.15) is 11.5 Å². The largest absolute Gasteiger partial charge is 0.389 e. The molecule has 3 rings (SSSR count). The summed E-state index contributed by atoms with van der Waals surface area (Å²) in [5, 5.41) is 14.8. The second kappa shape index (κ2) is 9.93. The number of benzene rings is 1. The maximum absolute atomic E-state index is 12.7. The number of aromatic nitrogens is 4. The Labute approximate surface area is 174 Å². The molecular weight excluding hydrogens is 384 g/mol. The molecule has 160 valence electrons. The van der Waals surface area contributed by atoms with E-state index in [4.69, 9.17) is 5.73 Å². The van der Waals surface area contributed by atoms with Gasteiger partial charge in [0.05, 0.1) is 12.6 Å². The van der Waals surface area contributed by atoms with Gasteiger partial charge < -0.3 is 15.7 Å². The second-order valence-corrected chi connectivity index (χ2v) is 7.25. The van der Waals surface area contributed by atoms with Crippen molar-refractivity contribution in [3.63, 3.8) is 0 Å². The maximum atomic E-state index is 12.7. The Morgan fingerprint density at radius 1 is 1.23 bits per heavy atom. The lowest BCUT2D eigenvalue weighted by atomic mass is 10.2. The highest BCUT2D eigenvalue weighted by Crippen LogP contribution is 2.20. The number of H-pyrrole nitrogens is 1. The van der Waals surface area contributed by atoms with Crippen LogP contribution in [0.5, 0.6) is 0 Å². The molecule has 0 saturated carbocycles. The van der Waals surface area contributed by atoms with Crippen LogP contribution in [0.2, 0.25) is 0 Å². The van der Waals surface area contributed by atoms with Crippen LogP contribution >= 0.6 is 0 Å². The van der Waals surface area contributed by atoms with E-state index in [2.05, 4.69) is 10.1 Å². The molecule has 1 atom stereocenters. The summed E-state index contributed by atoms with van der Waals surface area (Å²) in [6.45, 7) is 3.21. The fourth-order valence-corrected chi connectivity index (χ4v) is 3.40. The number of hydrogen-bond donors (Lipinski definition) is 3. The van der Waals surface area contributed by atoms with Gasteiger partial charge in [-0.05, 0) is 18.1 Å². The molecule has 0 saturated heterocycles. The van der Waals surface area contributed by atoms with Gasteiger partial charge >= 0.3 is 5.69 Å². The molecule has 0 fully saturated rings. The minimum Gasteiger partial charge on any atom is -0.389 e. The Bertz CT molecular complexity index is 1040. The van der Waals surface area contributed by atoms with E-state index >= 15 is 0 Å². The molecule has 1 unspecified atom stereocenters. The van der Waals surface area contributed by atoms with Gasteiger partial charge in [0.25, 0.3) is 5.56 Å². The lowest BCUT2D eigenvalue weighted by Crippen LogP contribution is -2.42. The van der Waals surface area contributed by atoms with Crippen molar-refractivity contribution in [1.82, 2.24) is 19.3 Å². The quantitative estimate of drug-likeness (QED) is 0.460. The van der Waals surface area contributed by atoms with Crippen molar-refractivity contribution in [2.45, 2.75) is 45.5 Å². The number of aromatic amines is 1. The highest BCUT2D eigenvalue weighted by Gasteiger charge is 2.22. The molecule has 2 aromatic heterocycles. The van der Waals surface area contributed by atoms with Crippen molar-refractivity contribution in [2.24, 2.45) is 0 Å². The molecule has 4 N–H and O–H groups in total. The number of nitrogens with one attached hydrogen (secondary N) is 1. The monoisotopic (exact) mass is 412 g/mol. The van der Waals surface area contributed by atoms with Crippen molar-refractivity contribution < 1.29 is 5.11 Å². The van der Waals surface area contributed by atoms with Crippen LogP contribution in [-0.4, -0.2) is 37.1 Å². The van der Waals surface area contributed by atoms with E-state index in [1.54, 1.807) is 28.0 Å². The molecule has 30 heavy (non-hydrogen) atoms. The summed E-state index contributed by atoms with van der Waals surface area (Å²) < 4.78 is 3.01. The summed E-state index contributed by atoms with van der Waals surface area (Å²) in [5.41, 5.74) is 6.35. The van der Waals surface area contributed by atoms with Gasteiger partial charge in [-0.3, -0.25) is 19.0 Å². The van der Waals surface area contributed by atoms with Gasteiger partial charge in [0, 0.05) is 32.0 Å². The Morgan fingerprint density at radius 3 is 2.67 bits per heavy atom. The van der Waals surface area contributed by atoms with Gasteiger partial charge in [0.15, 0.2) is 0 Å². The van der Waals surface area contributed by atoms with E-state index < -0.39 is 17.4 Å². The highest BCUT2D eigenvalue weighted by atomic mass is 16.3. The van der Waals surface area contributed by atoms with Gasteiger partial charge in [0.2, 0.25) is 0 Å². The molecule has 0 radical (unpaired) electrons. The van der Waals surface area contributed by atoms with Crippen molar-refractivity contribution in [1.29, 1.82) is 0 Å². The zero-order valence-electron chi connectivity index (χ0n) is 17.1. The zero-order chi connectivity index (χ0) is 21.5. The standard InChI is InChI=1S/C21H28N6O3/c1-2-3-12-27-19(22)18(20(29)24-21(27)30)25(13-16-8-5-4-6-9-16)14-17(28)15-26-11-7-10-23-26/h4-11,17,28H,2-3,12-15,22H2,1H3,(H,24,29,30). The van der Waals surface area contributed by atoms with E-state index in [1.807, 2.05) is 37.3 Å². The molecule has 1 aromatic carbocycles. The van der Waals surface area contributed by atoms with Gasteiger partial charge in [-0.25, -0.2) is 4.79 Å². The second-order valence-electron chi connectivity index (χ2n) is 7.25. The van der Waals surface area contributed by atoms with Crippen molar-refractivity contribution in [3.8, 4) is 0 Å². The summed E-state index contributed by atoms with van der Waals surface area (Å²) in [5.74, 6) is 0.111. The minimum atomic E-state index is -0.802. The van der Waals surface area contributed by atoms with Gasteiger partial charge in [-0.1, -0.05) is 43.7 Å². The molecule has 0 aliphatic rings. The average Bonchev–Trinajstić information content (AvgIpc) is 3.21. The number of nitrogen functional groups attached to an aromatic ring is 1. The summed E-state index contributed by atoms with van der Waals surface area (Å²) in [7, 11) is 0. The van der Waals surface area contributed by atoms with E-state index in [9.17, 15) is 14.7 Å². The molecule has 2 heterocycles. The van der Waals surface area contributed by atoms with Gasteiger partial charge in [-0.2, -0.15) is 5.10 Å². The topological polar surface area (TPSA) is 122 Å². The maximum Gasteiger partial charge on any atom is 0.330 e. The molecular formula is C21H28N6O3. The molecule has 0 spiro atoms. The molecule has 0 amide bonds. The summed E-state index contributed by atoms with van der Waals surface area (Å²) in [6, 6.07) is 11.4. The summed E-state index contributed by atoms with van der Waals surface area (Å²) in [6.07, 6.45) is 4.24. The van der Waals surface area contributed by atoms with Crippen LogP contribution in [0, 0.1) is 0 Å². The Kier molecular flexibility index (Phi) is 7.08.